The van der Waals surface area contributed by atoms with E-state index < -0.39 is 6.03 Å². The van der Waals surface area contributed by atoms with E-state index in [4.69, 9.17) is 11.5 Å². The van der Waals surface area contributed by atoms with Gasteiger partial charge in [0, 0.05) is 11.1 Å². The molecule has 0 radical (unpaired) electrons. The van der Waals surface area contributed by atoms with Crippen molar-refractivity contribution in [2.24, 2.45) is 5.73 Å². The van der Waals surface area contributed by atoms with Crippen LogP contribution in [0.1, 0.15) is 0 Å². The molecule has 108 valence electrons. The Morgan fingerprint density at radius 1 is 1.00 bits per heavy atom. The second-order valence-corrected chi connectivity index (χ2v) is 5.97. The summed E-state index contributed by atoms with van der Waals surface area (Å²) in [7, 11) is 0. The molecule has 4 N–H and O–H groups in total. The number of hydrogen-bond donors (Lipinski definition) is 2. The molecule has 1 aliphatic rings. The van der Waals surface area contributed by atoms with Crippen molar-refractivity contribution in [3.8, 4) is 21.7 Å². The highest BCUT2D eigenvalue weighted by Gasteiger charge is 2.29. The number of aromatic nitrogens is 1. The number of nitrogens with two attached hydrogens (primary N) is 2. The summed E-state index contributed by atoms with van der Waals surface area (Å²) < 4.78 is 0. The molecular weight excluding hydrogens is 296 g/mol. The Kier molecular flexibility index (Phi) is 2.67. The largest absolute Gasteiger partial charge is 0.375 e. The first-order valence-corrected chi connectivity index (χ1v) is 7.53. The number of nitrogen functional groups attached to an aromatic ring is 1. The van der Waals surface area contributed by atoms with E-state index in [1.165, 1.54) is 16.2 Å². The van der Waals surface area contributed by atoms with Crippen molar-refractivity contribution < 1.29 is 4.79 Å². The van der Waals surface area contributed by atoms with Crippen molar-refractivity contribution in [1.29, 1.82) is 0 Å². The molecule has 3 aromatic rings. The van der Waals surface area contributed by atoms with Gasteiger partial charge in [0.25, 0.3) is 0 Å². The highest BCUT2D eigenvalue weighted by molar-refractivity contribution is 7.19. The van der Waals surface area contributed by atoms with E-state index in [-0.39, 0.29) is 0 Å². The number of rotatable bonds is 0. The first-order chi connectivity index (χ1) is 10.7. The van der Waals surface area contributed by atoms with Gasteiger partial charge in [-0.05, 0) is 12.1 Å². The molecule has 4 rings (SSSR count). The van der Waals surface area contributed by atoms with Crippen LogP contribution in [0.15, 0.2) is 48.5 Å². The van der Waals surface area contributed by atoms with E-state index in [1.807, 2.05) is 48.5 Å². The van der Waals surface area contributed by atoms with Crippen LogP contribution in [-0.4, -0.2) is 11.0 Å². The fourth-order valence-corrected chi connectivity index (χ4v) is 3.68. The van der Waals surface area contributed by atoms with Gasteiger partial charge in [-0.3, -0.25) is 4.90 Å². The fraction of sp³-hybridized carbons (Fsp3) is 0. The van der Waals surface area contributed by atoms with E-state index in [2.05, 4.69) is 4.98 Å². The molecule has 0 saturated heterocycles. The molecule has 22 heavy (non-hydrogen) atoms. The van der Waals surface area contributed by atoms with Crippen LogP contribution in [-0.2, 0) is 0 Å². The molecule has 2 amide bonds. The maximum atomic E-state index is 12.1. The molecule has 0 aliphatic carbocycles. The second-order valence-electron chi connectivity index (χ2n) is 4.94. The summed E-state index contributed by atoms with van der Waals surface area (Å²) in [6.45, 7) is 0. The zero-order chi connectivity index (χ0) is 15.3. The smallest absolute Gasteiger partial charge is 0.323 e. The topological polar surface area (TPSA) is 85.2 Å². The van der Waals surface area contributed by atoms with Crippen LogP contribution in [0, 0.1) is 0 Å². The summed E-state index contributed by atoms with van der Waals surface area (Å²) in [5.74, 6) is 0. The predicted molar refractivity (Wildman–Crippen MR) is 89.1 cm³/mol. The van der Waals surface area contributed by atoms with Gasteiger partial charge in [0.05, 0.1) is 21.9 Å². The summed E-state index contributed by atoms with van der Waals surface area (Å²) in [6.07, 6.45) is 0. The number of benzene rings is 2. The highest BCUT2D eigenvalue weighted by Crippen LogP contribution is 2.49. The van der Waals surface area contributed by atoms with Crippen LogP contribution >= 0.6 is 11.3 Å². The fourth-order valence-electron chi connectivity index (χ4n) is 2.80. The molecule has 2 aromatic carbocycles. The van der Waals surface area contributed by atoms with Crippen LogP contribution in [0.2, 0.25) is 0 Å². The third-order valence-electron chi connectivity index (χ3n) is 3.65. The Morgan fingerprint density at radius 2 is 1.59 bits per heavy atom. The van der Waals surface area contributed by atoms with Gasteiger partial charge in [0.15, 0.2) is 5.13 Å². The highest BCUT2D eigenvalue weighted by atomic mass is 32.1. The van der Waals surface area contributed by atoms with Gasteiger partial charge >= 0.3 is 6.03 Å². The van der Waals surface area contributed by atoms with Crippen LogP contribution in [0.5, 0.6) is 0 Å². The number of primary amides is 1. The van der Waals surface area contributed by atoms with Crippen molar-refractivity contribution in [1.82, 2.24) is 4.98 Å². The van der Waals surface area contributed by atoms with Crippen LogP contribution in [0.3, 0.4) is 0 Å². The van der Waals surface area contributed by atoms with Crippen LogP contribution in [0.25, 0.3) is 21.7 Å². The lowest BCUT2D eigenvalue weighted by Gasteiger charge is -2.22. The van der Waals surface area contributed by atoms with Crippen LogP contribution in [0.4, 0.5) is 21.3 Å². The average Bonchev–Trinajstić information content (AvgIpc) is 2.85. The van der Waals surface area contributed by atoms with E-state index in [0.717, 1.165) is 27.4 Å². The Hall–Kier alpha value is -2.86. The number of anilines is 3. The lowest BCUT2D eigenvalue weighted by Crippen LogP contribution is -2.31. The van der Waals surface area contributed by atoms with Gasteiger partial charge in [-0.25, -0.2) is 9.78 Å². The predicted octanol–water partition coefficient (Wildman–Crippen LogP) is 3.59. The average molecular weight is 308 g/mol. The monoisotopic (exact) mass is 308 g/mol. The maximum Gasteiger partial charge on any atom is 0.323 e. The van der Waals surface area contributed by atoms with E-state index >= 15 is 0 Å². The molecule has 0 unspecified atom stereocenters. The van der Waals surface area contributed by atoms with Crippen molar-refractivity contribution in [3.63, 3.8) is 0 Å². The molecule has 0 atom stereocenters. The summed E-state index contributed by atoms with van der Waals surface area (Å²) in [4.78, 5) is 19.0. The molecule has 2 heterocycles. The van der Waals surface area contributed by atoms with E-state index in [1.54, 1.807) is 0 Å². The Labute approximate surface area is 130 Å². The lowest BCUT2D eigenvalue weighted by molar-refractivity contribution is 0.256. The lowest BCUT2D eigenvalue weighted by atomic mass is 10.1. The molecule has 0 saturated carbocycles. The van der Waals surface area contributed by atoms with Crippen molar-refractivity contribution in [2.75, 3.05) is 10.6 Å². The Balaban J connectivity index is 2.17. The third-order valence-corrected chi connectivity index (χ3v) is 4.57. The van der Waals surface area contributed by atoms with Crippen molar-refractivity contribution >= 4 is 33.9 Å². The molecule has 0 fully saturated rings. The van der Waals surface area contributed by atoms with E-state index in [9.17, 15) is 4.79 Å². The number of amides is 2. The van der Waals surface area contributed by atoms with Gasteiger partial charge < -0.3 is 11.5 Å². The van der Waals surface area contributed by atoms with Gasteiger partial charge in [-0.2, -0.15) is 0 Å². The number of hydrogen-bond acceptors (Lipinski definition) is 4. The summed E-state index contributed by atoms with van der Waals surface area (Å²) >= 11 is 1.41. The number of para-hydroxylation sites is 2. The van der Waals surface area contributed by atoms with Gasteiger partial charge in [-0.1, -0.05) is 47.7 Å². The zero-order valence-electron chi connectivity index (χ0n) is 11.5. The minimum atomic E-state index is -0.525. The number of fused-ring (bicyclic) bond motifs is 5. The first kappa shape index (κ1) is 12.8. The van der Waals surface area contributed by atoms with Crippen molar-refractivity contribution in [3.05, 3.63) is 48.5 Å². The number of urea groups is 1. The molecule has 1 aliphatic heterocycles. The first-order valence-electron chi connectivity index (χ1n) is 6.71. The molecule has 0 spiro atoms. The minimum Gasteiger partial charge on any atom is -0.375 e. The second kappa shape index (κ2) is 4.57. The molecule has 5 nitrogen and oxygen atoms in total. The Bertz CT molecular complexity index is 838. The maximum absolute atomic E-state index is 12.1. The normalized spacial score (nSPS) is 12.1. The molecular formula is C16H12N4OS. The van der Waals surface area contributed by atoms with Crippen LogP contribution < -0.4 is 16.4 Å². The third kappa shape index (κ3) is 1.71. The quantitative estimate of drug-likeness (QED) is 0.665. The SMILES string of the molecule is NC(=O)N1c2ccccc2-c2nc(N)sc2-c2ccccc21. The Morgan fingerprint density at radius 3 is 2.27 bits per heavy atom. The number of carbonyl (C=O) groups is 1. The summed E-state index contributed by atoms with van der Waals surface area (Å²) in [5, 5.41) is 0.502. The zero-order valence-corrected chi connectivity index (χ0v) is 12.3. The standard InChI is InChI=1S/C16H12N4OS/c17-15-19-13-9-5-1-3-7-11(9)20(16(18)21)12-8-4-2-6-10(12)14(13)22-15/h1-8H,(H2,17,19)(H2,18,21). The van der Waals surface area contributed by atoms with E-state index in [0.29, 0.717) is 10.8 Å². The number of carbonyl (C=O) groups excluding carboxylic acids is 1. The summed E-state index contributed by atoms with van der Waals surface area (Å²) in [6, 6.07) is 14.7. The number of nitrogens with zero attached hydrogens (tertiary/aromatic N) is 2. The molecule has 1 aromatic heterocycles. The number of thiazole rings is 1. The molecule has 6 heteroatoms. The van der Waals surface area contributed by atoms with Gasteiger partial charge in [0.1, 0.15) is 0 Å². The minimum absolute atomic E-state index is 0.502. The molecule has 0 bridgehead atoms. The summed E-state index contributed by atoms with van der Waals surface area (Å²) in [5.41, 5.74) is 15.6. The van der Waals surface area contributed by atoms with Gasteiger partial charge in [-0.15, -0.1) is 0 Å². The van der Waals surface area contributed by atoms with Crippen molar-refractivity contribution in [2.45, 2.75) is 0 Å². The van der Waals surface area contributed by atoms with Gasteiger partial charge in [0.2, 0.25) is 0 Å².